The number of H-pyrrole nitrogens is 1. The van der Waals surface area contributed by atoms with Gasteiger partial charge in [-0.2, -0.15) is 0 Å². The molecular weight excluding hydrogens is 822 g/mol. The van der Waals surface area contributed by atoms with Crippen LogP contribution in [0, 0.1) is 23.6 Å². The number of hydrogen-bond donors (Lipinski definition) is 4. The van der Waals surface area contributed by atoms with Crippen molar-refractivity contribution in [1.82, 2.24) is 25.1 Å². The molecule has 1 aromatic heterocycles. The Morgan fingerprint density at radius 1 is 0.812 bits per heavy atom. The Balaban J connectivity index is 1.06. The predicted octanol–water partition coefficient (Wildman–Crippen LogP) is 6.23. The topological polar surface area (TPSA) is 190 Å². The van der Waals surface area contributed by atoms with Crippen LogP contribution in [0.3, 0.4) is 0 Å². The van der Waals surface area contributed by atoms with Crippen molar-refractivity contribution in [1.29, 1.82) is 0 Å². The van der Waals surface area contributed by atoms with Gasteiger partial charge in [-0.3, -0.25) is 19.4 Å². The Kier molecular flexibility index (Phi) is 12.8. The first-order valence-electron chi connectivity index (χ1n) is 22.3. The summed E-state index contributed by atoms with van der Waals surface area (Å²) in [7, 11) is 2.56. The van der Waals surface area contributed by atoms with E-state index in [0.29, 0.717) is 24.2 Å². The molecule has 4 aliphatic rings. The van der Waals surface area contributed by atoms with Gasteiger partial charge >= 0.3 is 12.1 Å². The van der Waals surface area contributed by atoms with E-state index in [1.165, 1.54) is 26.4 Å². The van der Waals surface area contributed by atoms with E-state index >= 15 is 0 Å². The number of methoxy groups -OCH3 is 2. The molecule has 3 fully saturated rings. The van der Waals surface area contributed by atoms with Gasteiger partial charge in [-0.15, -0.1) is 0 Å². The van der Waals surface area contributed by atoms with E-state index in [0.717, 1.165) is 52.1 Å². The van der Waals surface area contributed by atoms with Crippen LogP contribution in [0.1, 0.15) is 100 Å². The van der Waals surface area contributed by atoms with E-state index in [1.54, 1.807) is 21.9 Å². The second-order valence-corrected chi connectivity index (χ2v) is 18.3. The van der Waals surface area contributed by atoms with Crippen LogP contribution < -0.4 is 10.2 Å². The lowest BCUT2D eigenvalue weighted by molar-refractivity contribution is -0.148. The van der Waals surface area contributed by atoms with Crippen LogP contribution in [0.15, 0.2) is 65.7 Å². The molecule has 340 valence electrons. The van der Waals surface area contributed by atoms with E-state index in [1.807, 2.05) is 33.8 Å². The average molecular weight is 880 g/mol. The van der Waals surface area contributed by atoms with Gasteiger partial charge in [-0.05, 0) is 83.8 Å². The summed E-state index contributed by atoms with van der Waals surface area (Å²) in [4.78, 5) is 71.2. The Morgan fingerprint density at radius 3 is 2.09 bits per heavy atom. The number of aromatic nitrogens is 2. The SMILES string of the molecule is COC(=O)C[C@H](C(=O)N1C[C@@H](O)C[C@H]1C1=Nc2cc(C3CCC(c4ccc5nc([C@@H]6C[C@H](O)CN6C(=O)[C@@H](NC(=O)OC)C(C)C)[nH]c5c4)N3c3ccc(F)cc3)ccc2C1)C(C)C. The zero-order valence-corrected chi connectivity index (χ0v) is 37.2. The maximum absolute atomic E-state index is 14.4. The highest BCUT2D eigenvalue weighted by Gasteiger charge is 2.44. The second-order valence-electron chi connectivity index (χ2n) is 18.3. The number of nitrogens with one attached hydrogen (secondary N) is 2. The number of aliphatic hydroxyl groups is 2. The second kappa shape index (κ2) is 18.3. The number of β-amino-alcohol motifs (C(OH)–C–C–N with tert-alkyl or cyclic N) is 2. The van der Waals surface area contributed by atoms with E-state index < -0.39 is 48.3 Å². The molecule has 4 aliphatic heterocycles. The molecule has 0 bridgehead atoms. The number of anilines is 1. The number of alkyl carbamates (subject to hydrolysis) is 1. The van der Waals surface area contributed by atoms with Crippen molar-refractivity contribution < 1.29 is 43.3 Å². The molecule has 3 aromatic carbocycles. The van der Waals surface area contributed by atoms with Crippen LogP contribution in [0.5, 0.6) is 0 Å². The lowest BCUT2D eigenvalue weighted by atomic mass is 9.90. The molecule has 64 heavy (non-hydrogen) atoms. The molecule has 0 spiro atoms. The summed E-state index contributed by atoms with van der Waals surface area (Å²) in [6.45, 7) is 7.76. The van der Waals surface area contributed by atoms with Gasteiger partial charge in [-0.25, -0.2) is 14.2 Å². The quantitative estimate of drug-likeness (QED) is 0.119. The lowest BCUT2D eigenvalue weighted by Gasteiger charge is -2.33. The Hall–Kier alpha value is -5.87. The molecule has 8 rings (SSSR count). The molecule has 16 heteroatoms. The van der Waals surface area contributed by atoms with E-state index in [4.69, 9.17) is 19.5 Å². The number of aromatic amines is 1. The number of benzene rings is 3. The number of esters is 1. The minimum atomic E-state index is -0.853. The van der Waals surface area contributed by atoms with Crippen LogP contribution >= 0.6 is 0 Å². The fourth-order valence-electron chi connectivity index (χ4n) is 10.1. The monoisotopic (exact) mass is 879 g/mol. The number of carbonyl (C=O) groups excluding carboxylic acids is 4. The Morgan fingerprint density at radius 2 is 1.45 bits per heavy atom. The number of ether oxygens (including phenoxy) is 2. The maximum Gasteiger partial charge on any atom is 0.407 e. The van der Waals surface area contributed by atoms with Crippen molar-refractivity contribution in [2.45, 2.75) is 109 Å². The smallest absolute Gasteiger partial charge is 0.407 e. The first-order valence-corrected chi connectivity index (χ1v) is 22.3. The number of carbonyl (C=O) groups is 4. The van der Waals surface area contributed by atoms with Gasteiger partial charge in [0.1, 0.15) is 17.7 Å². The van der Waals surface area contributed by atoms with E-state index in [2.05, 4.69) is 45.5 Å². The molecule has 0 saturated carbocycles. The minimum Gasteiger partial charge on any atom is -0.469 e. The molecule has 2 unspecified atom stereocenters. The van der Waals surface area contributed by atoms with Crippen molar-refractivity contribution in [3.05, 3.63) is 89.0 Å². The average Bonchev–Trinajstić information content (AvgIpc) is 4.12. The molecular formula is C48H58FN7O8. The van der Waals surface area contributed by atoms with Crippen LogP contribution in [-0.2, 0) is 30.3 Å². The molecule has 3 amide bonds. The number of imidazole rings is 1. The zero-order chi connectivity index (χ0) is 45.6. The number of rotatable bonds is 12. The van der Waals surface area contributed by atoms with Gasteiger partial charge in [0.25, 0.3) is 0 Å². The van der Waals surface area contributed by atoms with Gasteiger partial charge < -0.3 is 44.7 Å². The minimum absolute atomic E-state index is 0.0314. The highest BCUT2D eigenvalue weighted by molar-refractivity contribution is 6.01. The highest BCUT2D eigenvalue weighted by atomic mass is 19.1. The molecule has 4 aromatic rings. The molecule has 5 heterocycles. The summed E-state index contributed by atoms with van der Waals surface area (Å²) in [5.74, 6) is -1.67. The fourth-order valence-corrected chi connectivity index (χ4v) is 10.1. The van der Waals surface area contributed by atoms with Gasteiger partial charge in [0, 0.05) is 43.8 Å². The number of nitrogens with zero attached hydrogens (tertiary/aromatic N) is 5. The highest BCUT2D eigenvalue weighted by Crippen LogP contribution is 2.48. The molecule has 8 atom stereocenters. The van der Waals surface area contributed by atoms with Crippen LogP contribution in [-0.4, -0.2) is 111 Å². The summed E-state index contributed by atoms with van der Waals surface area (Å²) in [6.07, 6.45) is 0.563. The number of hydrogen-bond acceptors (Lipinski definition) is 11. The number of amides is 3. The number of fused-ring (bicyclic) bond motifs is 2. The van der Waals surface area contributed by atoms with Crippen LogP contribution in [0.4, 0.5) is 20.6 Å². The van der Waals surface area contributed by atoms with Gasteiger partial charge in [-0.1, -0.05) is 45.9 Å². The third-order valence-electron chi connectivity index (χ3n) is 13.5. The Bertz CT molecular complexity index is 2440. The summed E-state index contributed by atoms with van der Waals surface area (Å²) >= 11 is 0. The van der Waals surface area contributed by atoms with Gasteiger partial charge in [0.15, 0.2) is 0 Å². The Labute approximate surface area is 372 Å². The first-order chi connectivity index (χ1) is 30.6. The summed E-state index contributed by atoms with van der Waals surface area (Å²) in [6, 6.07) is 16.9. The van der Waals surface area contributed by atoms with Crippen LogP contribution in [0.25, 0.3) is 11.0 Å². The fraction of sp³-hybridized carbons (Fsp3) is 0.500. The van der Waals surface area contributed by atoms with Crippen molar-refractivity contribution in [2.24, 2.45) is 22.7 Å². The van der Waals surface area contributed by atoms with Gasteiger partial charge in [0.2, 0.25) is 11.8 Å². The molecule has 0 radical (unpaired) electrons. The lowest BCUT2D eigenvalue weighted by Crippen LogP contribution is -2.51. The third-order valence-corrected chi connectivity index (χ3v) is 13.5. The summed E-state index contributed by atoms with van der Waals surface area (Å²) < 4.78 is 24.0. The van der Waals surface area contributed by atoms with E-state index in [-0.39, 0.29) is 67.5 Å². The predicted molar refractivity (Wildman–Crippen MR) is 237 cm³/mol. The van der Waals surface area contributed by atoms with E-state index in [9.17, 15) is 33.8 Å². The van der Waals surface area contributed by atoms with Crippen molar-refractivity contribution in [2.75, 3.05) is 32.2 Å². The molecule has 15 nitrogen and oxygen atoms in total. The summed E-state index contributed by atoms with van der Waals surface area (Å²) in [5, 5.41) is 24.2. The number of aliphatic hydroxyl groups excluding tert-OH is 2. The number of aliphatic imine (C=N–C) groups is 1. The van der Waals surface area contributed by atoms with Gasteiger partial charge in [0.05, 0.1) is 79.7 Å². The maximum atomic E-state index is 14.4. The number of halogens is 1. The third kappa shape index (κ3) is 8.81. The largest absolute Gasteiger partial charge is 0.469 e. The van der Waals surface area contributed by atoms with Crippen molar-refractivity contribution in [3.8, 4) is 0 Å². The first kappa shape index (κ1) is 44.7. The molecule has 0 aliphatic carbocycles. The standard InChI is InChI=1S/C48H58FN7O8/c1-25(2)34(22-43(59)63-5)46(60)54-23-32(57)20-41(54)38-17-27-7-8-28(18-36(27)50-38)39-15-16-40(56(39)31-12-10-30(49)11-13-31)29-9-14-35-37(19-29)52-45(51-35)42-21-33(58)24-55(42)47(61)44(26(3)4)53-48(62)64-6/h7-14,18-19,25-26,32-34,39-42,44,57-58H,15-17,20-24H2,1-6H3,(H,51,52)(H,53,62)/t32-,33-,34-,39?,40?,41-,42-,44-/m0/s1. The molecule has 3 saturated heterocycles. The van der Waals surface area contributed by atoms with Crippen molar-refractivity contribution >= 4 is 52.0 Å². The normalized spacial score (nSPS) is 24.0. The zero-order valence-electron chi connectivity index (χ0n) is 37.2. The summed E-state index contributed by atoms with van der Waals surface area (Å²) in [5.41, 5.74) is 7.05. The van der Waals surface area contributed by atoms with Crippen molar-refractivity contribution in [3.63, 3.8) is 0 Å². The molecule has 4 N–H and O–H groups in total. The number of likely N-dealkylation sites (tertiary alicyclic amines) is 2. The van der Waals surface area contributed by atoms with Crippen LogP contribution in [0.2, 0.25) is 0 Å².